The van der Waals surface area contributed by atoms with Gasteiger partial charge in [-0.05, 0) is 18.2 Å². The molecule has 3 aromatic rings. The molecule has 0 saturated carbocycles. The molecule has 2 nitrogen and oxygen atoms in total. The first-order valence-corrected chi connectivity index (χ1v) is 8.29. The minimum atomic E-state index is -10.7. The number of halogens is 6. The van der Waals surface area contributed by atoms with Crippen molar-refractivity contribution in [1.29, 1.82) is 0 Å². The van der Waals surface area contributed by atoms with Crippen molar-refractivity contribution < 1.29 is 34.3 Å². The third kappa shape index (κ3) is 5.90. The number of rotatable bonds is 1. The molecule has 0 atom stereocenters. The van der Waals surface area contributed by atoms with E-state index in [1.165, 1.54) is 10.9 Å². The summed E-state index contributed by atoms with van der Waals surface area (Å²) in [6.45, 7) is 0. The van der Waals surface area contributed by atoms with Crippen LogP contribution in [0.2, 0.25) is 0 Å². The van der Waals surface area contributed by atoms with E-state index >= 15 is 0 Å². The molecule has 1 aromatic carbocycles. The van der Waals surface area contributed by atoms with Crippen molar-refractivity contribution in [2.75, 3.05) is 7.11 Å². The van der Waals surface area contributed by atoms with Gasteiger partial charge in [-0.3, -0.25) is 0 Å². The number of benzene rings is 1. The predicted octanol–water partition coefficient (Wildman–Crippen LogP) is 5.97. The summed E-state index contributed by atoms with van der Waals surface area (Å²) >= 11 is 0. The fraction of sp³-hybridized carbons (Fsp3) is 0.0714. The summed E-state index contributed by atoms with van der Waals surface area (Å²) in [5.41, 5.74) is 1.17. The van der Waals surface area contributed by atoms with Crippen molar-refractivity contribution in [3.63, 3.8) is 0 Å². The molecule has 3 rings (SSSR count). The van der Waals surface area contributed by atoms with E-state index < -0.39 is 7.81 Å². The Hall–Kier alpha value is -2.08. The molecule has 2 aromatic heterocycles. The summed E-state index contributed by atoms with van der Waals surface area (Å²) in [5.74, 6) is 0.920. The molecule has 0 fully saturated rings. The van der Waals surface area contributed by atoms with E-state index in [4.69, 9.17) is 4.74 Å². The van der Waals surface area contributed by atoms with Crippen molar-refractivity contribution >= 4 is 24.1 Å². The van der Waals surface area contributed by atoms with Crippen LogP contribution in [0.3, 0.4) is 0 Å². The van der Waals surface area contributed by atoms with Crippen LogP contribution in [0, 0.1) is 0 Å². The zero-order valence-electron chi connectivity index (χ0n) is 11.8. The Labute approximate surface area is 127 Å². The van der Waals surface area contributed by atoms with Crippen LogP contribution in [0.1, 0.15) is 0 Å². The molecule has 0 amide bonds. The average Bonchev–Trinajstić information content (AvgIpc) is 2.41. The van der Waals surface area contributed by atoms with Gasteiger partial charge >= 0.3 is 33.0 Å². The number of nitrogens with zero attached hydrogens (tertiary/aromatic N) is 1. The molecule has 9 heteroatoms. The Morgan fingerprint density at radius 2 is 1.57 bits per heavy atom. The SMILES string of the molecule is COc1cccc2c[n+]3ccccc3cc12.F[P-](F)(F)(F)(F)F. The predicted molar refractivity (Wildman–Crippen MR) is 77.2 cm³/mol. The molecule has 0 aliphatic rings. The molecular formula is C14H12F6NOP. The van der Waals surface area contributed by atoms with Crippen molar-refractivity contribution in [2.45, 2.75) is 0 Å². The Bertz CT molecular complexity index is 852. The second kappa shape index (κ2) is 4.96. The van der Waals surface area contributed by atoms with E-state index in [2.05, 4.69) is 28.8 Å². The number of methoxy groups -OCH3 is 1. The summed E-state index contributed by atoms with van der Waals surface area (Å²) in [5, 5.41) is 2.33. The van der Waals surface area contributed by atoms with Crippen LogP contribution < -0.4 is 9.14 Å². The number of ether oxygens (including phenoxy) is 1. The van der Waals surface area contributed by atoms with Crippen LogP contribution in [0.5, 0.6) is 5.75 Å². The number of hydrogen-bond donors (Lipinski definition) is 0. The normalized spacial score (nSPS) is 14.6. The fourth-order valence-electron chi connectivity index (χ4n) is 2.01. The van der Waals surface area contributed by atoms with Crippen LogP contribution >= 0.6 is 7.81 Å². The second-order valence-corrected chi connectivity index (χ2v) is 6.64. The zero-order chi connectivity index (χ0) is 17.4. The van der Waals surface area contributed by atoms with Crippen molar-refractivity contribution in [2.24, 2.45) is 0 Å². The molecule has 0 aliphatic carbocycles. The van der Waals surface area contributed by atoms with Crippen LogP contribution in [-0.2, 0) is 0 Å². The van der Waals surface area contributed by atoms with Gasteiger partial charge in [0.1, 0.15) is 5.75 Å². The van der Waals surface area contributed by atoms with E-state index in [9.17, 15) is 25.2 Å². The van der Waals surface area contributed by atoms with Gasteiger partial charge in [0.15, 0.2) is 12.4 Å². The van der Waals surface area contributed by atoms with Crippen molar-refractivity contribution in [1.82, 2.24) is 0 Å². The number of fused-ring (bicyclic) bond motifs is 2. The second-order valence-electron chi connectivity index (χ2n) is 4.73. The molecule has 0 bridgehead atoms. The monoisotopic (exact) mass is 355 g/mol. The number of aromatic nitrogens is 1. The summed E-state index contributed by atoms with van der Waals surface area (Å²) in [6, 6.07) is 14.4. The van der Waals surface area contributed by atoms with Gasteiger partial charge < -0.3 is 4.74 Å². The van der Waals surface area contributed by atoms with Crippen LogP contribution in [0.15, 0.2) is 54.9 Å². The van der Waals surface area contributed by atoms with Gasteiger partial charge in [-0.1, -0.05) is 6.07 Å². The topological polar surface area (TPSA) is 13.3 Å². The molecule has 0 unspecified atom stereocenters. The van der Waals surface area contributed by atoms with Crippen molar-refractivity contribution in [3.05, 3.63) is 54.9 Å². The molecule has 0 spiro atoms. The van der Waals surface area contributed by atoms with Crippen LogP contribution in [-0.4, -0.2) is 7.11 Å². The Balaban J connectivity index is 0.000000236. The average molecular weight is 355 g/mol. The summed E-state index contributed by atoms with van der Waals surface area (Å²) < 4.78 is 66.7. The Morgan fingerprint density at radius 3 is 2.17 bits per heavy atom. The molecule has 23 heavy (non-hydrogen) atoms. The molecule has 0 saturated heterocycles. The van der Waals surface area contributed by atoms with E-state index in [-0.39, 0.29) is 0 Å². The molecule has 0 N–H and O–H groups in total. The van der Waals surface area contributed by atoms with Gasteiger partial charge in [0.2, 0.25) is 5.52 Å². The van der Waals surface area contributed by atoms with Gasteiger partial charge in [0.25, 0.3) is 0 Å². The fourth-order valence-corrected chi connectivity index (χ4v) is 2.01. The van der Waals surface area contributed by atoms with Gasteiger partial charge in [0, 0.05) is 29.0 Å². The van der Waals surface area contributed by atoms with Crippen LogP contribution in [0.25, 0.3) is 16.3 Å². The Kier molecular flexibility index (Phi) is 3.73. The number of hydrogen-bond acceptors (Lipinski definition) is 1. The third-order valence-corrected chi connectivity index (χ3v) is 2.81. The number of pyridine rings is 2. The minimum absolute atomic E-state index is 0.920. The quantitative estimate of drug-likeness (QED) is 0.227. The Morgan fingerprint density at radius 1 is 0.913 bits per heavy atom. The van der Waals surface area contributed by atoms with Crippen LogP contribution in [0.4, 0.5) is 25.2 Å². The standard InChI is InChI=1S/C14H12NO.F6P/c1-16-14-7-4-5-11-10-15-8-3-2-6-12(15)9-13(11)14;1-7(2,3,4,5)6/h2-10H,1H3;/q+1;-1. The van der Waals surface area contributed by atoms with Crippen molar-refractivity contribution in [3.8, 4) is 5.75 Å². The molecule has 0 aliphatic heterocycles. The van der Waals surface area contributed by atoms with E-state index in [0.717, 1.165) is 11.1 Å². The molecule has 2 heterocycles. The van der Waals surface area contributed by atoms with E-state index in [0.29, 0.717) is 0 Å². The van der Waals surface area contributed by atoms with E-state index in [1.807, 2.05) is 30.5 Å². The summed E-state index contributed by atoms with van der Waals surface area (Å²) in [4.78, 5) is 0. The molecular weight excluding hydrogens is 343 g/mol. The summed E-state index contributed by atoms with van der Waals surface area (Å²) in [7, 11) is -8.95. The molecule has 0 radical (unpaired) electrons. The van der Waals surface area contributed by atoms with Gasteiger partial charge in [-0.2, -0.15) is 4.40 Å². The zero-order valence-corrected chi connectivity index (χ0v) is 12.7. The third-order valence-electron chi connectivity index (χ3n) is 2.81. The van der Waals surface area contributed by atoms with Gasteiger partial charge in [-0.25, -0.2) is 0 Å². The van der Waals surface area contributed by atoms with E-state index in [1.54, 1.807) is 7.11 Å². The summed E-state index contributed by atoms with van der Waals surface area (Å²) in [6.07, 6.45) is 4.17. The van der Waals surface area contributed by atoms with Gasteiger partial charge in [0.05, 0.1) is 7.11 Å². The molecule has 126 valence electrons. The first kappa shape index (κ1) is 17.3. The first-order chi connectivity index (χ1) is 10.3. The van der Waals surface area contributed by atoms with Gasteiger partial charge in [-0.15, -0.1) is 0 Å². The first-order valence-electron chi connectivity index (χ1n) is 6.27. The maximum atomic E-state index is 9.87. The maximum absolute atomic E-state index is 10.7.